The van der Waals surface area contributed by atoms with Crippen molar-refractivity contribution in [2.75, 3.05) is 18.8 Å². The van der Waals surface area contributed by atoms with Crippen LogP contribution in [-0.2, 0) is 4.79 Å². The normalized spacial score (nSPS) is 19.5. The van der Waals surface area contributed by atoms with Gasteiger partial charge in [-0.15, -0.1) is 11.8 Å². The molecule has 0 spiro atoms. The second-order valence-corrected chi connectivity index (χ2v) is 6.43. The van der Waals surface area contributed by atoms with Crippen LogP contribution in [0.2, 0.25) is 0 Å². The number of likely N-dealkylation sites (tertiary alicyclic amines) is 1. The van der Waals surface area contributed by atoms with E-state index in [0.29, 0.717) is 24.1 Å². The van der Waals surface area contributed by atoms with E-state index in [9.17, 15) is 9.90 Å². The number of thioether (sulfide) groups is 1. The summed E-state index contributed by atoms with van der Waals surface area (Å²) in [6.45, 7) is 9.15. The Balaban J connectivity index is 2.29. The lowest BCUT2D eigenvalue weighted by Gasteiger charge is -2.49. The Morgan fingerprint density at radius 3 is 2.33 bits per heavy atom. The summed E-state index contributed by atoms with van der Waals surface area (Å²) < 4.78 is 0. The van der Waals surface area contributed by atoms with E-state index in [0.717, 1.165) is 0 Å². The molecule has 0 radical (unpaired) electrons. The van der Waals surface area contributed by atoms with Gasteiger partial charge in [0.05, 0.1) is 18.8 Å². The molecule has 88 valence electrons. The lowest BCUT2D eigenvalue weighted by Crippen LogP contribution is -2.66. The van der Waals surface area contributed by atoms with Crippen LogP contribution in [-0.4, -0.2) is 45.6 Å². The molecule has 1 heterocycles. The predicted molar refractivity (Wildman–Crippen MR) is 64.0 cm³/mol. The summed E-state index contributed by atoms with van der Waals surface area (Å²) in [4.78, 5) is 13.4. The van der Waals surface area contributed by atoms with Crippen molar-refractivity contribution in [3.63, 3.8) is 0 Å². The summed E-state index contributed by atoms with van der Waals surface area (Å²) in [6.07, 6.45) is 0. The van der Waals surface area contributed by atoms with Crippen molar-refractivity contribution < 1.29 is 9.90 Å². The lowest BCUT2D eigenvalue weighted by atomic mass is 9.83. The van der Waals surface area contributed by atoms with Crippen molar-refractivity contribution in [1.82, 2.24) is 4.90 Å². The molecule has 0 unspecified atom stereocenters. The zero-order valence-corrected chi connectivity index (χ0v) is 10.8. The van der Waals surface area contributed by atoms with Gasteiger partial charge in [-0.3, -0.25) is 4.79 Å². The van der Waals surface area contributed by atoms with Gasteiger partial charge in [-0.05, 0) is 11.2 Å². The molecule has 1 fully saturated rings. The molecule has 1 aliphatic rings. The van der Waals surface area contributed by atoms with Gasteiger partial charge in [-0.25, -0.2) is 0 Å². The topological polar surface area (TPSA) is 40.5 Å². The monoisotopic (exact) mass is 231 g/mol. The molecule has 1 saturated heterocycles. The first-order valence-electron chi connectivity index (χ1n) is 5.47. The van der Waals surface area contributed by atoms with E-state index in [1.165, 1.54) is 0 Å². The fourth-order valence-corrected chi connectivity index (χ4v) is 2.14. The first-order chi connectivity index (χ1) is 6.85. The molecule has 1 N–H and O–H groups in total. The number of carbonyl (C=O) groups is 1. The van der Waals surface area contributed by atoms with Gasteiger partial charge in [0.1, 0.15) is 5.60 Å². The van der Waals surface area contributed by atoms with Gasteiger partial charge in [-0.1, -0.05) is 27.7 Å². The third-order valence-corrected chi connectivity index (χ3v) is 3.98. The number of hydrogen-bond acceptors (Lipinski definition) is 3. The summed E-state index contributed by atoms with van der Waals surface area (Å²) in [6, 6.07) is 0. The van der Waals surface area contributed by atoms with E-state index in [4.69, 9.17) is 0 Å². The molecule has 4 heteroatoms. The Hall–Kier alpha value is -0.220. The lowest BCUT2D eigenvalue weighted by molar-refractivity contribution is -0.161. The molecule has 1 aliphatic heterocycles. The van der Waals surface area contributed by atoms with Crippen molar-refractivity contribution in [3.8, 4) is 0 Å². The number of β-amino-alcohol motifs (C(OH)–C–C–N with tert-alkyl or cyclic N) is 1. The van der Waals surface area contributed by atoms with Crippen LogP contribution in [0.1, 0.15) is 27.7 Å². The third kappa shape index (κ3) is 3.11. The Kier molecular flexibility index (Phi) is 4.06. The molecule has 1 amide bonds. The zero-order valence-electron chi connectivity index (χ0n) is 9.99. The Morgan fingerprint density at radius 1 is 1.40 bits per heavy atom. The van der Waals surface area contributed by atoms with E-state index < -0.39 is 5.60 Å². The number of carbonyl (C=O) groups excluding carboxylic acids is 1. The van der Waals surface area contributed by atoms with Crippen molar-refractivity contribution in [1.29, 1.82) is 0 Å². The molecule has 1 rings (SSSR count). The quantitative estimate of drug-likeness (QED) is 0.794. The zero-order chi connectivity index (χ0) is 11.6. The van der Waals surface area contributed by atoms with Crippen LogP contribution in [0.25, 0.3) is 0 Å². The number of amides is 1. The molecule has 0 aromatic heterocycles. The highest BCUT2D eigenvalue weighted by Gasteiger charge is 2.45. The van der Waals surface area contributed by atoms with Crippen molar-refractivity contribution in [2.45, 2.75) is 38.5 Å². The average molecular weight is 231 g/mol. The van der Waals surface area contributed by atoms with Crippen molar-refractivity contribution in [3.05, 3.63) is 0 Å². The maximum atomic E-state index is 11.6. The summed E-state index contributed by atoms with van der Waals surface area (Å²) in [7, 11) is 0. The molecule has 0 bridgehead atoms. The Bertz CT molecular complexity index is 235. The SMILES string of the molecule is CC(C)SCC(=O)N1CC(O)(C(C)C)C1. The molecule has 0 saturated carbocycles. The molecule has 0 aliphatic carbocycles. The van der Waals surface area contributed by atoms with Gasteiger partial charge in [0.25, 0.3) is 0 Å². The van der Waals surface area contributed by atoms with Crippen LogP contribution in [0.4, 0.5) is 0 Å². The fraction of sp³-hybridized carbons (Fsp3) is 0.909. The Morgan fingerprint density at radius 2 is 1.93 bits per heavy atom. The summed E-state index contributed by atoms with van der Waals surface area (Å²) >= 11 is 1.65. The molecule has 0 atom stereocenters. The summed E-state index contributed by atoms with van der Waals surface area (Å²) in [5.41, 5.74) is -0.641. The number of rotatable bonds is 4. The molecule has 0 aromatic carbocycles. The van der Waals surface area contributed by atoms with Gasteiger partial charge in [-0.2, -0.15) is 0 Å². The van der Waals surface area contributed by atoms with Crippen molar-refractivity contribution >= 4 is 17.7 Å². The highest BCUT2D eigenvalue weighted by molar-refractivity contribution is 8.00. The highest BCUT2D eigenvalue weighted by Crippen LogP contribution is 2.29. The standard InChI is InChI=1S/C11H21NO2S/c1-8(2)11(14)6-12(7-11)10(13)5-15-9(3)4/h8-9,14H,5-7H2,1-4H3. The number of aliphatic hydroxyl groups is 1. The summed E-state index contributed by atoms with van der Waals surface area (Å²) in [5, 5.41) is 10.5. The Labute approximate surface area is 96.2 Å². The van der Waals surface area contributed by atoms with Crippen LogP contribution >= 0.6 is 11.8 Å². The van der Waals surface area contributed by atoms with E-state index in [-0.39, 0.29) is 11.8 Å². The van der Waals surface area contributed by atoms with Gasteiger partial charge in [0.15, 0.2) is 0 Å². The van der Waals surface area contributed by atoms with Crippen LogP contribution in [0.15, 0.2) is 0 Å². The fourth-order valence-electron chi connectivity index (χ4n) is 1.49. The number of hydrogen-bond donors (Lipinski definition) is 1. The molecular weight excluding hydrogens is 210 g/mol. The highest BCUT2D eigenvalue weighted by atomic mass is 32.2. The minimum Gasteiger partial charge on any atom is -0.386 e. The second kappa shape index (κ2) is 4.74. The molecule has 15 heavy (non-hydrogen) atoms. The second-order valence-electron chi connectivity index (χ2n) is 4.87. The maximum absolute atomic E-state index is 11.6. The van der Waals surface area contributed by atoms with E-state index >= 15 is 0 Å². The van der Waals surface area contributed by atoms with Gasteiger partial charge in [0, 0.05) is 0 Å². The minimum absolute atomic E-state index is 0.152. The first kappa shape index (κ1) is 12.8. The van der Waals surface area contributed by atoms with E-state index in [1.54, 1.807) is 16.7 Å². The van der Waals surface area contributed by atoms with E-state index in [1.807, 2.05) is 13.8 Å². The van der Waals surface area contributed by atoms with Gasteiger partial charge < -0.3 is 10.0 Å². The molecule has 3 nitrogen and oxygen atoms in total. The molecule has 0 aromatic rings. The third-order valence-electron chi connectivity index (χ3n) is 2.90. The van der Waals surface area contributed by atoms with Crippen LogP contribution in [0, 0.1) is 5.92 Å². The predicted octanol–water partition coefficient (Wildman–Crippen LogP) is 1.36. The van der Waals surface area contributed by atoms with Crippen LogP contribution in [0.5, 0.6) is 0 Å². The first-order valence-corrected chi connectivity index (χ1v) is 6.52. The molecular formula is C11H21NO2S. The largest absolute Gasteiger partial charge is 0.386 e. The van der Waals surface area contributed by atoms with Gasteiger partial charge in [0.2, 0.25) is 5.91 Å². The van der Waals surface area contributed by atoms with Crippen LogP contribution < -0.4 is 0 Å². The van der Waals surface area contributed by atoms with Crippen LogP contribution in [0.3, 0.4) is 0 Å². The maximum Gasteiger partial charge on any atom is 0.232 e. The average Bonchev–Trinajstić information content (AvgIpc) is 2.08. The number of nitrogens with zero attached hydrogens (tertiary/aromatic N) is 1. The summed E-state index contributed by atoms with van der Waals surface area (Å²) in [5.74, 6) is 0.907. The van der Waals surface area contributed by atoms with Crippen molar-refractivity contribution in [2.24, 2.45) is 5.92 Å². The van der Waals surface area contributed by atoms with Gasteiger partial charge >= 0.3 is 0 Å². The minimum atomic E-state index is -0.641. The smallest absolute Gasteiger partial charge is 0.232 e. The van der Waals surface area contributed by atoms with E-state index in [2.05, 4.69) is 13.8 Å².